The highest BCUT2D eigenvalue weighted by Crippen LogP contribution is 2.20. The summed E-state index contributed by atoms with van der Waals surface area (Å²) in [4.78, 5) is 23.6. The molecule has 9 heteroatoms. The minimum atomic E-state index is -4.53. The van der Waals surface area contributed by atoms with Crippen LogP contribution in [0.15, 0.2) is 17.5 Å². The molecule has 5 nitrogen and oxygen atoms in total. The lowest BCUT2D eigenvalue weighted by atomic mass is 10.2. The molecule has 1 rings (SSSR count). The van der Waals surface area contributed by atoms with Crippen LogP contribution >= 0.6 is 11.3 Å². The zero-order valence-corrected chi connectivity index (χ0v) is 11.3. The van der Waals surface area contributed by atoms with Gasteiger partial charge in [-0.15, -0.1) is 11.3 Å². The van der Waals surface area contributed by atoms with Crippen LogP contribution in [-0.2, 0) is 4.79 Å². The Kier molecular flexibility index (Phi) is 5.37. The van der Waals surface area contributed by atoms with Gasteiger partial charge in [-0.05, 0) is 18.4 Å². The van der Waals surface area contributed by atoms with Crippen LogP contribution in [0.4, 0.5) is 18.0 Å². The third-order valence-electron chi connectivity index (χ3n) is 2.38. The minimum absolute atomic E-state index is 0.178. The first-order chi connectivity index (χ1) is 9.24. The predicted octanol–water partition coefficient (Wildman–Crippen LogP) is 2.47. The Morgan fingerprint density at radius 2 is 2.15 bits per heavy atom. The standard InChI is InChI=1S/C11H13F3N2O3S/c1-2-16(6-11(12,13)14)10(19)15-8(9(17)18)7-4-3-5-20-7/h3-5,8H,2,6H2,1H3,(H,15,19)(H,17,18). The number of aliphatic carboxylic acids is 1. The predicted molar refractivity (Wildman–Crippen MR) is 66.5 cm³/mol. The second kappa shape index (κ2) is 6.60. The van der Waals surface area contributed by atoms with Gasteiger partial charge in [-0.3, -0.25) is 0 Å². The molecule has 1 aromatic rings. The number of nitrogens with zero attached hydrogens (tertiary/aromatic N) is 1. The van der Waals surface area contributed by atoms with Crippen LogP contribution in [0.1, 0.15) is 17.8 Å². The maximum Gasteiger partial charge on any atom is 0.406 e. The van der Waals surface area contributed by atoms with Gasteiger partial charge in [0.25, 0.3) is 0 Å². The Labute approximate surface area is 117 Å². The van der Waals surface area contributed by atoms with Crippen LogP contribution in [0.25, 0.3) is 0 Å². The van der Waals surface area contributed by atoms with Crippen molar-refractivity contribution in [1.29, 1.82) is 0 Å². The number of rotatable bonds is 5. The third-order valence-corrected chi connectivity index (χ3v) is 3.32. The Balaban J connectivity index is 2.78. The molecule has 1 heterocycles. The molecule has 0 spiro atoms. The number of carbonyl (C=O) groups is 2. The Morgan fingerprint density at radius 3 is 2.55 bits per heavy atom. The van der Waals surface area contributed by atoms with Gasteiger partial charge in [0.1, 0.15) is 6.54 Å². The largest absolute Gasteiger partial charge is 0.479 e. The third kappa shape index (κ3) is 4.72. The SMILES string of the molecule is CCN(CC(F)(F)F)C(=O)NC(C(=O)O)c1cccs1. The molecule has 0 aliphatic carbocycles. The van der Waals surface area contributed by atoms with E-state index < -0.39 is 30.8 Å². The van der Waals surface area contributed by atoms with E-state index in [0.29, 0.717) is 9.78 Å². The van der Waals surface area contributed by atoms with Crippen molar-refractivity contribution in [2.75, 3.05) is 13.1 Å². The van der Waals surface area contributed by atoms with E-state index in [4.69, 9.17) is 5.11 Å². The number of urea groups is 1. The van der Waals surface area contributed by atoms with Crippen LogP contribution in [-0.4, -0.2) is 41.3 Å². The smallest absolute Gasteiger partial charge is 0.406 e. The molecule has 0 aromatic carbocycles. The van der Waals surface area contributed by atoms with Crippen molar-refractivity contribution in [3.8, 4) is 0 Å². The molecule has 0 saturated heterocycles. The summed E-state index contributed by atoms with van der Waals surface area (Å²) in [6.45, 7) is -0.222. The maximum absolute atomic E-state index is 12.3. The van der Waals surface area contributed by atoms with Crippen molar-refractivity contribution < 1.29 is 27.9 Å². The fraction of sp³-hybridized carbons (Fsp3) is 0.455. The molecular weight excluding hydrogens is 297 g/mol. The summed E-state index contributed by atoms with van der Waals surface area (Å²) in [6.07, 6.45) is -4.53. The van der Waals surface area contributed by atoms with Crippen molar-refractivity contribution in [3.63, 3.8) is 0 Å². The van der Waals surface area contributed by atoms with Crippen LogP contribution < -0.4 is 5.32 Å². The first-order valence-corrected chi connectivity index (χ1v) is 6.51. The van der Waals surface area contributed by atoms with Crippen LogP contribution in [0.3, 0.4) is 0 Å². The molecule has 1 atom stereocenters. The van der Waals surface area contributed by atoms with Crippen LogP contribution in [0.2, 0.25) is 0 Å². The molecule has 0 fully saturated rings. The minimum Gasteiger partial charge on any atom is -0.479 e. The van der Waals surface area contributed by atoms with Gasteiger partial charge in [0.05, 0.1) is 0 Å². The van der Waals surface area contributed by atoms with Gasteiger partial charge in [-0.1, -0.05) is 6.07 Å². The molecule has 0 bridgehead atoms. The lowest BCUT2D eigenvalue weighted by Gasteiger charge is -2.24. The van der Waals surface area contributed by atoms with E-state index in [2.05, 4.69) is 5.32 Å². The zero-order chi connectivity index (χ0) is 15.3. The summed E-state index contributed by atoms with van der Waals surface area (Å²) in [6, 6.07) is 0.662. The van der Waals surface area contributed by atoms with E-state index in [9.17, 15) is 22.8 Å². The first kappa shape index (κ1) is 16.3. The second-order valence-electron chi connectivity index (χ2n) is 3.87. The molecule has 1 aromatic heterocycles. The highest BCUT2D eigenvalue weighted by molar-refractivity contribution is 7.10. The molecular formula is C11H13F3N2O3S. The molecule has 20 heavy (non-hydrogen) atoms. The summed E-state index contributed by atoms with van der Waals surface area (Å²) in [7, 11) is 0. The Hall–Kier alpha value is -1.77. The van der Waals surface area contributed by atoms with E-state index in [-0.39, 0.29) is 6.54 Å². The molecule has 2 N–H and O–H groups in total. The van der Waals surface area contributed by atoms with Crippen molar-refractivity contribution in [3.05, 3.63) is 22.4 Å². The molecule has 112 valence electrons. The van der Waals surface area contributed by atoms with E-state index in [0.717, 1.165) is 11.3 Å². The van der Waals surface area contributed by atoms with Crippen molar-refractivity contribution in [2.24, 2.45) is 0 Å². The average molecular weight is 310 g/mol. The number of carbonyl (C=O) groups excluding carboxylic acids is 1. The van der Waals surface area contributed by atoms with Crippen molar-refractivity contribution in [1.82, 2.24) is 10.2 Å². The number of nitrogens with one attached hydrogen (secondary N) is 1. The number of amides is 2. The lowest BCUT2D eigenvalue weighted by molar-refractivity contribution is -0.140. The number of hydrogen-bond donors (Lipinski definition) is 2. The van der Waals surface area contributed by atoms with Gasteiger partial charge in [-0.25, -0.2) is 9.59 Å². The lowest BCUT2D eigenvalue weighted by Crippen LogP contribution is -2.47. The zero-order valence-electron chi connectivity index (χ0n) is 10.5. The summed E-state index contributed by atoms with van der Waals surface area (Å²) in [5.41, 5.74) is 0. The number of carboxylic acids is 1. The summed E-state index contributed by atoms with van der Waals surface area (Å²) >= 11 is 1.10. The summed E-state index contributed by atoms with van der Waals surface area (Å²) in [5.74, 6) is -1.33. The van der Waals surface area contributed by atoms with Crippen LogP contribution in [0.5, 0.6) is 0 Å². The number of hydrogen-bond acceptors (Lipinski definition) is 3. The van der Waals surface area contributed by atoms with E-state index in [1.807, 2.05) is 0 Å². The highest BCUT2D eigenvalue weighted by atomic mass is 32.1. The average Bonchev–Trinajstić information content (AvgIpc) is 2.84. The van der Waals surface area contributed by atoms with Gasteiger partial charge in [0.2, 0.25) is 0 Å². The summed E-state index contributed by atoms with van der Waals surface area (Å²) in [5, 5.41) is 12.7. The quantitative estimate of drug-likeness (QED) is 0.878. The number of thiophene rings is 1. The molecule has 1 unspecified atom stereocenters. The van der Waals surface area contributed by atoms with Gasteiger partial charge in [0, 0.05) is 11.4 Å². The number of halogens is 3. The van der Waals surface area contributed by atoms with Crippen molar-refractivity contribution in [2.45, 2.75) is 19.1 Å². The van der Waals surface area contributed by atoms with E-state index in [1.54, 1.807) is 11.4 Å². The fourth-order valence-electron chi connectivity index (χ4n) is 1.47. The molecule has 0 aliphatic rings. The van der Waals surface area contributed by atoms with Crippen LogP contribution in [0, 0.1) is 0 Å². The van der Waals surface area contributed by atoms with E-state index in [1.165, 1.54) is 13.0 Å². The Morgan fingerprint density at radius 1 is 1.50 bits per heavy atom. The second-order valence-corrected chi connectivity index (χ2v) is 4.84. The van der Waals surface area contributed by atoms with Gasteiger partial charge >= 0.3 is 18.2 Å². The fourth-order valence-corrected chi connectivity index (χ4v) is 2.24. The molecule has 0 aliphatic heterocycles. The van der Waals surface area contributed by atoms with Gasteiger partial charge < -0.3 is 15.3 Å². The molecule has 0 saturated carbocycles. The highest BCUT2D eigenvalue weighted by Gasteiger charge is 2.34. The summed E-state index contributed by atoms with van der Waals surface area (Å²) < 4.78 is 36.9. The van der Waals surface area contributed by atoms with E-state index >= 15 is 0 Å². The van der Waals surface area contributed by atoms with Gasteiger partial charge in [-0.2, -0.15) is 13.2 Å². The van der Waals surface area contributed by atoms with Crippen molar-refractivity contribution >= 4 is 23.3 Å². The number of alkyl halides is 3. The maximum atomic E-state index is 12.3. The van der Waals surface area contributed by atoms with Gasteiger partial charge in [0.15, 0.2) is 6.04 Å². The Bertz CT molecular complexity index is 462. The first-order valence-electron chi connectivity index (χ1n) is 5.63. The number of carboxylic acid groups (broad SMARTS) is 1. The molecule has 2 amide bonds. The normalized spacial score (nSPS) is 12.8. The molecule has 0 radical (unpaired) electrons. The monoisotopic (exact) mass is 310 g/mol. The topological polar surface area (TPSA) is 69.6 Å².